The second-order valence-electron chi connectivity index (χ2n) is 5.61. The summed E-state index contributed by atoms with van der Waals surface area (Å²) in [5.74, 6) is 0.755. The monoisotopic (exact) mass is 265 g/mol. The average Bonchev–Trinajstić information content (AvgIpc) is 2.63. The molecule has 19 heavy (non-hydrogen) atoms. The van der Waals surface area contributed by atoms with Crippen molar-refractivity contribution in [3.05, 3.63) is 17.0 Å². The lowest BCUT2D eigenvalue weighted by atomic mass is 9.88. The van der Waals surface area contributed by atoms with Gasteiger partial charge in [0.15, 0.2) is 0 Å². The summed E-state index contributed by atoms with van der Waals surface area (Å²) in [4.78, 5) is 0. The molecule has 3 heteroatoms. The molecule has 0 aromatic carbocycles. The van der Waals surface area contributed by atoms with Gasteiger partial charge in [-0.25, -0.2) is 0 Å². The number of rotatable bonds is 8. The first kappa shape index (κ1) is 16.2. The summed E-state index contributed by atoms with van der Waals surface area (Å²) in [6.45, 7) is 12.3. The minimum atomic E-state index is 0.580. The molecule has 1 heterocycles. The van der Waals surface area contributed by atoms with Gasteiger partial charge in [-0.15, -0.1) is 0 Å². The summed E-state index contributed by atoms with van der Waals surface area (Å²) in [7, 11) is 2.04. The molecule has 0 fully saturated rings. The molecule has 1 N–H and O–H groups in total. The van der Waals surface area contributed by atoms with Crippen LogP contribution in [0.3, 0.4) is 0 Å². The third kappa shape index (κ3) is 4.07. The van der Waals surface area contributed by atoms with E-state index < -0.39 is 0 Å². The van der Waals surface area contributed by atoms with Gasteiger partial charge in [-0.3, -0.25) is 4.68 Å². The van der Waals surface area contributed by atoms with Crippen LogP contribution in [0.5, 0.6) is 0 Å². The molecule has 110 valence electrons. The Bertz CT molecular complexity index is 378. The Hall–Kier alpha value is -0.830. The van der Waals surface area contributed by atoms with Gasteiger partial charge in [-0.2, -0.15) is 5.10 Å². The van der Waals surface area contributed by atoms with E-state index in [1.54, 1.807) is 0 Å². The number of hydrogen-bond acceptors (Lipinski definition) is 2. The maximum absolute atomic E-state index is 4.54. The summed E-state index contributed by atoms with van der Waals surface area (Å²) in [5.41, 5.74) is 3.93. The normalized spacial score (nSPS) is 13.2. The Kier molecular flexibility index (Phi) is 6.56. The van der Waals surface area contributed by atoms with Crippen molar-refractivity contribution >= 4 is 0 Å². The van der Waals surface area contributed by atoms with Gasteiger partial charge in [0.05, 0.1) is 5.69 Å². The topological polar surface area (TPSA) is 29.9 Å². The van der Waals surface area contributed by atoms with Gasteiger partial charge in [-0.1, -0.05) is 33.6 Å². The summed E-state index contributed by atoms with van der Waals surface area (Å²) >= 11 is 0. The highest BCUT2D eigenvalue weighted by Crippen LogP contribution is 2.21. The van der Waals surface area contributed by atoms with E-state index >= 15 is 0 Å². The molecule has 0 radical (unpaired) electrons. The van der Waals surface area contributed by atoms with Crippen molar-refractivity contribution in [2.24, 2.45) is 13.0 Å². The number of hydrogen-bond donors (Lipinski definition) is 1. The molecule has 1 aromatic rings. The minimum absolute atomic E-state index is 0.580. The minimum Gasteiger partial charge on any atom is -0.313 e. The van der Waals surface area contributed by atoms with Crippen LogP contribution in [0.15, 0.2) is 0 Å². The fraction of sp³-hybridized carbons (Fsp3) is 0.812. The van der Waals surface area contributed by atoms with E-state index in [9.17, 15) is 0 Å². The van der Waals surface area contributed by atoms with Crippen molar-refractivity contribution in [1.29, 1.82) is 0 Å². The third-order valence-electron chi connectivity index (χ3n) is 4.36. The predicted octanol–water partition coefficient (Wildman–Crippen LogP) is 3.38. The number of nitrogens with one attached hydrogen (secondary N) is 1. The summed E-state index contributed by atoms with van der Waals surface area (Å²) in [6, 6.07) is 0.580. The van der Waals surface area contributed by atoms with Crippen molar-refractivity contribution in [1.82, 2.24) is 15.1 Å². The van der Waals surface area contributed by atoms with Gasteiger partial charge in [0, 0.05) is 18.8 Å². The van der Waals surface area contributed by atoms with Gasteiger partial charge in [0.1, 0.15) is 0 Å². The SMILES string of the molecule is CCCNC(Cc1c(C)nn(C)c1C)C(CC)CC. The van der Waals surface area contributed by atoms with Gasteiger partial charge in [-0.05, 0) is 44.7 Å². The van der Waals surface area contributed by atoms with Crippen LogP contribution in [0.4, 0.5) is 0 Å². The van der Waals surface area contributed by atoms with Crippen molar-refractivity contribution in [2.75, 3.05) is 6.54 Å². The highest BCUT2D eigenvalue weighted by Gasteiger charge is 2.21. The predicted molar refractivity (Wildman–Crippen MR) is 82.5 cm³/mol. The van der Waals surface area contributed by atoms with Crippen molar-refractivity contribution in [2.45, 2.75) is 66.3 Å². The summed E-state index contributed by atoms with van der Waals surface area (Å²) in [6.07, 6.45) is 4.80. The fourth-order valence-corrected chi connectivity index (χ4v) is 2.93. The Morgan fingerprint density at radius 3 is 2.21 bits per heavy atom. The zero-order valence-corrected chi connectivity index (χ0v) is 13.6. The largest absolute Gasteiger partial charge is 0.313 e. The van der Waals surface area contributed by atoms with Crippen molar-refractivity contribution in [3.63, 3.8) is 0 Å². The molecule has 0 bridgehead atoms. The molecular formula is C16H31N3. The van der Waals surface area contributed by atoms with E-state index in [0.29, 0.717) is 6.04 Å². The first-order valence-electron chi connectivity index (χ1n) is 7.77. The van der Waals surface area contributed by atoms with E-state index in [1.165, 1.54) is 36.2 Å². The number of aryl methyl sites for hydroxylation is 2. The third-order valence-corrected chi connectivity index (χ3v) is 4.36. The molecular weight excluding hydrogens is 234 g/mol. The van der Waals surface area contributed by atoms with Crippen LogP contribution in [-0.2, 0) is 13.5 Å². The Morgan fingerprint density at radius 1 is 1.16 bits per heavy atom. The van der Waals surface area contributed by atoms with E-state index in [0.717, 1.165) is 18.9 Å². The highest BCUT2D eigenvalue weighted by molar-refractivity contribution is 5.25. The quantitative estimate of drug-likeness (QED) is 0.781. The van der Waals surface area contributed by atoms with Gasteiger partial charge >= 0.3 is 0 Å². The van der Waals surface area contributed by atoms with Crippen LogP contribution in [0.25, 0.3) is 0 Å². The lowest BCUT2D eigenvalue weighted by Crippen LogP contribution is -2.38. The van der Waals surface area contributed by atoms with Crippen molar-refractivity contribution < 1.29 is 0 Å². The number of aromatic nitrogens is 2. The van der Waals surface area contributed by atoms with Gasteiger partial charge in [0.2, 0.25) is 0 Å². The molecule has 0 aliphatic heterocycles. The first-order valence-corrected chi connectivity index (χ1v) is 7.77. The molecule has 1 aromatic heterocycles. The maximum atomic E-state index is 4.54. The van der Waals surface area contributed by atoms with Crippen LogP contribution < -0.4 is 5.32 Å². The van der Waals surface area contributed by atoms with E-state index in [2.05, 4.69) is 45.0 Å². The van der Waals surface area contributed by atoms with Crippen LogP contribution in [0, 0.1) is 19.8 Å². The molecule has 0 saturated carbocycles. The summed E-state index contributed by atoms with van der Waals surface area (Å²) in [5, 5.41) is 8.29. The molecule has 1 atom stereocenters. The maximum Gasteiger partial charge on any atom is 0.0628 e. The van der Waals surface area contributed by atoms with E-state index in [-0.39, 0.29) is 0 Å². The van der Waals surface area contributed by atoms with Crippen LogP contribution in [0.2, 0.25) is 0 Å². The van der Waals surface area contributed by atoms with Gasteiger partial charge in [0.25, 0.3) is 0 Å². The average molecular weight is 265 g/mol. The van der Waals surface area contributed by atoms with E-state index in [1.807, 2.05) is 11.7 Å². The summed E-state index contributed by atoms with van der Waals surface area (Å²) < 4.78 is 2.01. The molecule has 0 aliphatic rings. The zero-order chi connectivity index (χ0) is 14.4. The zero-order valence-electron chi connectivity index (χ0n) is 13.6. The van der Waals surface area contributed by atoms with Crippen molar-refractivity contribution in [3.8, 4) is 0 Å². The Balaban J connectivity index is 2.86. The Morgan fingerprint density at radius 2 is 1.79 bits per heavy atom. The molecule has 0 spiro atoms. The number of nitrogens with zero attached hydrogens (tertiary/aromatic N) is 2. The van der Waals surface area contributed by atoms with Gasteiger partial charge < -0.3 is 5.32 Å². The first-order chi connectivity index (χ1) is 9.04. The molecule has 1 unspecified atom stereocenters. The smallest absolute Gasteiger partial charge is 0.0628 e. The standard InChI is InChI=1S/C16H31N3/c1-7-10-17-16(14(8-2)9-3)11-15-12(4)18-19(6)13(15)5/h14,16-17H,7-11H2,1-6H3. The van der Waals surface area contributed by atoms with Crippen LogP contribution >= 0.6 is 0 Å². The second kappa shape index (κ2) is 7.68. The van der Waals surface area contributed by atoms with Crippen LogP contribution in [0.1, 0.15) is 57.0 Å². The molecule has 0 aliphatic carbocycles. The molecule has 0 amide bonds. The molecule has 3 nitrogen and oxygen atoms in total. The molecule has 0 saturated heterocycles. The van der Waals surface area contributed by atoms with E-state index in [4.69, 9.17) is 0 Å². The van der Waals surface area contributed by atoms with Crippen LogP contribution in [-0.4, -0.2) is 22.4 Å². The Labute approximate surface area is 118 Å². The second-order valence-corrected chi connectivity index (χ2v) is 5.61. The highest BCUT2D eigenvalue weighted by atomic mass is 15.3. The lowest BCUT2D eigenvalue weighted by Gasteiger charge is -2.27. The molecule has 1 rings (SSSR count). The lowest BCUT2D eigenvalue weighted by molar-refractivity contribution is 0.331. The fourth-order valence-electron chi connectivity index (χ4n) is 2.93.